The first kappa shape index (κ1) is 15.4. The fourth-order valence-corrected chi connectivity index (χ4v) is 2.29. The van der Waals surface area contributed by atoms with Crippen molar-refractivity contribution in [1.82, 2.24) is 10.2 Å². The molecule has 0 aromatic carbocycles. The molecule has 1 heterocycles. The zero-order valence-corrected chi connectivity index (χ0v) is 11.9. The minimum atomic E-state index is -0.0702. The summed E-state index contributed by atoms with van der Waals surface area (Å²) in [6.45, 7) is 9.41. The van der Waals surface area contributed by atoms with Crippen LogP contribution in [0.4, 0.5) is 0 Å². The maximum absolute atomic E-state index is 11.7. The fourth-order valence-electron chi connectivity index (χ4n) is 2.29. The Balaban J connectivity index is 2.20. The first-order chi connectivity index (χ1) is 8.76. The molecule has 0 unspecified atom stereocenters. The minimum absolute atomic E-state index is 0.0702. The van der Waals surface area contributed by atoms with Crippen molar-refractivity contribution in [2.75, 3.05) is 39.3 Å². The van der Waals surface area contributed by atoms with Gasteiger partial charge in [0.05, 0.1) is 13.2 Å². The Kier molecular flexibility index (Phi) is 8.01. The molecule has 0 aromatic heterocycles. The lowest BCUT2D eigenvalue weighted by molar-refractivity contribution is -0.145. The lowest BCUT2D eigenvalue weighted by Crippen LogP contribution is -2.38. The third-order valence-electron chi connectivity index (χ3n) is 3.54. The lowest BCUT2D eigenvalue weighted by atomic mass is 9.97. The number of carbonyl (C=O) groups is 1. The monoisotopic (exact) mass is 256 g/mol. The molecule has 0 radical (unpaired) electrons. The largest absolute Gasteiger partial charge is 0.465 e. The maximum Gasteiger partial charge on any atom is 0.320 e. The molecule has 0 bridgehead atoms. The number of nitrogens with one attached hydrogen (secondary N) is 1. The summed E-state index contributed by atoms with van der Waals surface area (Å²) in [7, 11) is 0. The van der Waals surface area contributed by atoms with Crippen LogP contribution in [0.5, 0.6) is 0 Å². The minimum Gasteiger partial charge on any atom is -0.465 e. The molecule has 1 rings (SSSR count). The summed E-state index contributed by atoms with van der Waals surface area (Å²) in [6.07, 6.45) is 4.48. The zero-order chi connectivity index (χ0) is 13.2. The molecule has 0 amide bonds. The third kappa shape index (κ3) is 6.36. The van der Waals surface area contributed by atoms with Gasteiger partial charge in [-0.15, -0.1) is 0 Å². The van der Waals surface area contributed by atoms with Crippen molar-refractivity contribution in [2.24, 2.45) is 5.92 Å². The van der Waals surface area contributed by atoms with Crippen LogP contribution < -0.4 is 5.32 Å². The van der Waals surface area contributed by atoms with E-state index >= 15 is 0 Å². The van der Waals surface area contributed by atoms with E-state index in [4.69, 9.17) is 4.74 Å². The number of hydrogen-bond acceptors (Lipinski definition) is 4. The lowest BCUT2D eigenvalue weighted by Gasteiger charge is -2.28. The summed E-state index contributed by atoms with van der Waals surface area (Å²) in [5.41, 5.74) is 0. The van der Waals surface area contributed by atoms with Crippen LogP contribution in [0.2, 0.25) is 0 Å². The Bertz CT molecular complexity index is 228. The van der Waals surface area contributed by atoms with E-state index in [0.717, 1.165) is 44.9 Å². The Hall–Kier alpha value is -0.610. The standard InChI is InChI=1S/C14H28N2O2/c1-3-5-10-18-14(17)12-16(4-2)11-13-6-8-15-9-7-13/h13,15H,3-12H2,1-2H3. The second-order valence-electron chi connectivity index (χ2n) is 5.10. The van der Waals surface area contributed by atoms with Crippen LogP contribution in [0.15, 0.2) is 0 Å². The van der Waals surface area contributed by atoms with Gasteiger partial charge in [-0.2, -0.15) is 0 Å². The topological polar surface area (TPSA) is 41.6 Å². The van der Waals surface area contributed by atoms with Crippen LogP contribution in [0.25, 0.3) is 0 Å². The average Bonchev–Trinajstić information content (AvgIpc) is 2.39. The number of likely N-dealkylation sites (N-methyl/N-ethyl adjacent to an activating group) is 1. The normalized spacial score (nSPS) is 17.1. The van der Waals surface area contributed by atoms with Crippen molar-refractivity contribution in [2.45, 2.75) is 39.5 Å². The smallest absolute Gasteiger partial charge is 0.320 e. The van der Waals surface area contributed by atoms with E-state index < -0.39 is 0 Å². The van der Waals surface area contributed by atoms with E-state index in [9.17, 15) is 4.79 Å². The van der Waals surface area contributed by atoms with Crippen LogP contribution in [-0.2, 0) is 9.53 Å². The molecule has 0 saturated carbocycles. The Labute approximate surface area is 111 Å². The van der Waals surface area contributed by atoms with E-state index in [0.29, 0.717) is 13.2 Å². The Morgan fingerprint density at radius 1 is 1.33 bits per heavy atom. The van der Waals surface area contributed by atoms with Gasteiger partial charge in [0, 0.05) is 6.54 Å². The van der Waals surface area contributed by atoms with E-state index in [2.05, 4.69) is 24.1 Å². The Morgan fingerprint density at radius 2 is 2.06 bits per heavy atom. The van der Waals surface area contributed by atoms with Gasteiger partial charge < -0.3 is 10.1 Å². The molecule has 0 aromatic rings. The van der Waals surface area contributed by atoms with Crippen molar-refractivity contribution in [3.05, 3.63) is 0 Å². The number of nitrogens with zero attached hydrogens (tertiary/aromatic N) is 1. The highest BCUT2D eigenvalue weighted by molar-refractivity contribution is 5.71. The van der Waals surface area contributed by atoms with Crippen LogP contribution in [0, 0.1) is 5.92 Å². The number of piperidine rings is 1. The number of carbonyl (C=O) groups excluding carboxylic acids is 1. The highest BCUT2D eigenvalue weighted by atomic mass is 16.5. The molecular formula is C14H28N2O2. The van der Waals surface area contributed by atoms with Crippen molar-refractivity contribution >= 4 is 5.97 Å². The van der Waals surface area contributed by atoms with Gasteiger partial charge in [-0.1, -0.05) is 20.3 Å². The van der Waals surface area contributed by atoms with E-state index in [1.807, 2.05) is 0 Å². The number of esters is 1. The second kappa shape index (κ2) is 9.34. The number of rotatable bonds is 8. The molecule has 0 atom stereocenters. The molecule has 1 aliphatic heterocycles. The van der Waals surface area contributed by atoms with Crippen molar-refractivity contribution < 1.29 is 9.53 Å². The number of ether oxygens (including phenoxy) is 1. The quantitative estimate of drug-likeness (QED) is 0.530. The molecule has 1 fully saturated rings. The number of hydrogen-bond donors (Lipinski definition) is 1. The molecule has 0 spiro atoms. The predicted octanol–water partition coefficient (Wildman–Crippen LogP) is 1.65. The van der Waals surface area contributed by atoms with Gasteiger partial charge in [-0.25, -0.2) is 0 Å². The van der Waals surface area contributed by atoms with Gasteiger partial charge in [0.2, 0.25) is 0 Å². The summed E-state index contributed by atoms with van der Waals surface area (Å²) in [5, 5.41) is 3.37. The van der Waals surface area contributed by atoms with Crippen molar-refractivity contribution in [3.8, 4) is 0 Å². The summed E-state index contributed by atoms with van der Waals surface area (Å²) in [5.74, 6) is 0.661. The first-order valence-corrected chi connectivity index (χ1v) is 7.35. The maximum atomic E-state index is 11.7. The molecule has 1 aliphatic rings. The summed E-state index contributed by atoms with van der Waals surface area (Å²) < 4.78 is 5.21. The van der Waals surface area contributed by atoms with E-state index in [-0.39, 0.29) is 5.97 Å². The van der Waals surface area contributed by atoms with Gasteiger partial charge in [0.15, 0.2) is 0 Å². The van der Waals surface area contributed by atoms with E-state index in [1.54, 1.807) is 0 Å². The molecule has 1 saturated heterocycles. The van der Waals surface area contributed by atoms with Crippen LogP contribution in [-0.4, -0.2) is 50.2 Å². The van der Waals surface area contributed by atoms with Crippen molar-refractivity contribution in [3.63, 3.8) is 0 Å². The molecule has 18 heavy (non-hydrogen) atoms. The highest BCUT2D eigenvalue weighted by Crippen LogP contribution is 2.13. The molecular weight excluding hydrogens is 228 g/mol. The Morgan fingerprint density at radius 3 is 2.67 bits per heavy atom. The van der Waals surface area contributed by atoms with Crippen LogP contribution >= 0.6 is 0 Å². The van der Waals surface area contributed by atoms with Gasteiger partial charge in [0.1, 0.15) is 0 Å². The average molecular weight is 256 g/mol. The zero-order valence-electron chi connectivity index (χ0n) is 11.9. The fraction of sp³-hybridized carbons (Fsp3) is 0.929. The molecule has 4 heteroatoms. The van der Waals surface area contributed by atoms with Gasteiger partial charge in [-0.3, -0.25) is 9.69 Å². The molecule has 0 aliphatic carbocycles. The van der Waals surface area contributed by atoms with E-state index in [1.165, 1.54) is 12.8 Å². The SMILES string of the molecule is CCCCOC(=O)CN(CC)CC1CCNCC1. The molecule has 106 valence electrons. The predicted molar refractivity (Wildman–Crippen MR) is 73.6 cm³/mol. The molecule has 1 N–H and O–H groups in total. The third-order valence-corrected chi connectivity index (χ3v) is 3.54. The summed E-state index contributed by atoms with van der Waals surface area (Å²) in [6, 6.07) is 0. The first-order valence-electron chi connectivity index (χ1n) is 7.35. The molecule has 4 nitrogen and oxygen atoms in total. The van der Waals surface area contributed by atoms with Gasteiger partial charge in [0.25, 0.3) is 0 Å². The summed E-state index contributed by atoms with van der Waals surface area (Å²) >= 11 is 0. The van der Waals surface area contributed by atoms with Crippen LogP contribution in [0.1, 0.15) is 39.5 Å². The van der Waals surface area contributed by atoms with Gasteiger partial charge >= 0.3 is 5.97 Å². The van der Waals surface area contributed by atoms with Crippen molar-refractivity contribution in [1.29, 1.82) is 0 Å². The number of unbranched alkanes of at least 4 members (excludes halogenated alkanes) is 1. The highest BCUT2D eigenvalue weighted by Gasteiger charge is 2.18. The van der Waals surface area contributed by atoms with Gasteiger partial charge in [-0.05, 0) is 44.8 Å². The van der Waals surface area contributed by atoms with Crippen LogP contribution in [0.3, 0.4) is 0 Å². The summed E-state index contributed by atoms with van der Waals surface area (Å²) in [4.78, 5) is 13.9. The second-order valence-corrected chi connectivity index (χ2v) is 5.10.